The van der Waals surface area contributed by atoms with Gasteiger partial charge in [-0.05, 0) is 52.0 Å². The fourth-order valence-corrected chi connectivity index (χ4v) is 3.64. The molecule has 1 aromatic carbocycles. The van der Waals surface area contributed by atoms with E-state index in [2.05, 4.69) is 10.6 Å². The number of anilines is 1. The van der Waals surface area contributed by atoms with Gasteiger partial charge in [0.25, 0.3) is 11.8 Å². The van der Waals surface area contributed by atoms with Crippen molar-refractivity contribution in [1.82, 2.24) is 15.1 Å². The first-order chi connectivity index (χ1) is 13.7. The van der Waals surface area contributed by atoms with Crippen LogP contribution < -0.4 is 10.6 Å². The molecule has 1 fully saturated rings. The molecule has 1 heterocycles. The Labute approximate surface area is 175 Å². The van der Waals surface area contributed by atoms with Crippen molar-refractivity contribution in [3.63, 3.8) is 0 Å². The number of hydrogen-bond acceptors (Lipinski definition) is 5. The van der Waals surface area contributed by atoms with E-state index < -0.39 is 11.6 Å². The van der Waals surface area contributed by atoms with E-state index in [1.807, 2.05) is 13.8 Å². The summed E-state index contributed by atoms with van der Waals surface area (Å²) in [7, 11) is 0. The van der Waals surface area contributed by atoms with Gasteiger partial charge >= 0.3 is 6.03 Å². The molecule has 2 N–H and O–H groups in total. The van der Waals surface area contributed by atoms with E-state index in [1.54, 1.807) is 43.0 Å². The number of thioether (sulfide) groups is 1. The van der Waals surface area contributed by atoms with Crippen LogP contribution in [0.1, 0.15) is 38.1 Å². The molecule has 0 atom stereocenters. The summed E-state index contributed by atoms with van der Waals surface area (Å²) < 4.78 is 0. The van der Waals surface area contributed by atoms with E-state index >= 15 is 0 Å². The van der Waals surface area contributed by atoms with Crippen molar-refractivity contribution in [2.45, 2.75) is 33.2 Å². The summed E-state index contributed by atoms with van der Waals surface area (Å²) in [4.78, 5) is 51.2. The van der Waals surface area contributed by atoms with E-state index in [-0.39, 0.29) is 30.0 Å². The van der Waals surface area contributed by atoms with Crippen LogP contribution in [-0.4, -0.2) is 70.2 Å². The number of rotatable bonds is 9. The third kappa shape index (κ3) is 5.72. The summed E-state index contributed by atoms with van der Waals surface area (Å²) in [6, 6.07) is 6.40. The van der Waals surface area contributed by atoms with Gasteiger partial charge in [-0.15, -0.1) is 0 Å². The minimum atomic E-state index is -0.877. The predicted molar refractivity (Wildman–Crippen MR) is 114 cm³/mol. The molecular formula is C20H28N4O4S. The number of imide groups is 1. The first-order valence-corrected chi connectivity index (χ1v) is 10.8. The maximum Gasteiger partial charge on any atom is 0.325 e. The molecule has 8 nitrogen and oxygen atoms in total. The summed E-state index contributed by atoms with van der Waals surface area (Å²) in [5.74, 6) is 0.196. The third-order valence-electron chi connectivity index (χ3n) is 4.60. The number of amides is 5. The lowest BCUT2D eigenvalue weighted by Gasteiger charge is -2.18. The lowest BCUT2D eigenvalue weighted by atomic mass is 10.1. The molecule has 0 radical (unpaired) electrons. The summed E-state index contributed by atoms with van der Waals surface area (Å²) in [5, 5.41) is 5.40. The fourth-order valence-electron chi connectivity index (χ4n) is 2.93. The molecule has 1 saturated heterocycles. The second-order valence-electron chi connectivity index (χ2n) is 7.17. The molecule has 0 aliphatic carbocycles. The van der Waals surface area contributed by atoms with Crippen molar-refractivity contribution in [2.75, 3.05) is 36.5 Å². The van der Waals surface area contributed by atoms with Gasteiger partial charge in [0.2, 0.25) is 5.91 Å². The van der Waals surface area contributed by atoms with Crippen LogP contribution in [0.5, 0.6) is 0 Å². The Morgan fingerprint density at radius 2 is 1.76 bits per heavy atom. The van der Waals surface area contributed by atoms with Gasteiger partial charge in [0.15, 0.2) is 0 Å². The molecule has 1 aliphatic rings. The van der Waals surface area contributed by atoms with Crippen LogP contribution in [0.25, 0.3) is 0 Å². The van der Waals surface area contributed by atoms with Crippen molar-refractivity contribution in [2.24, 2.45) is 0 Å². The molecule has 0 saturated carbocycles. The van der Waals surface area contributed by atoms with Gasteiger partial charge in [0.05, 0.1) is 5.75 Å². The predicted octanol–water partition coefficient (Wildman–Crippen LogP) is 2.17. The highest BCUT2D eigenvalue weighted by Crippen LogP contribution is 2.17. The van der Waals surface area contributed by atoms with E-state index in [1.165, 1.54) is 16.7 Å². The van der Waals surface area contributed by atoms with Gasteiger partial charge in [-0.1, -0.05) is 0 Å². The fraction of sp³-hybridized carbons (Fsp3) is 0.500. The molecule has 0 spiro atoms. The molecule has 1 aliphatic heterocycles. The Bertz CT molecular complexity index is 775. The van der Waals surface area contributed by atoms with Crippen LogP contribution >= 0.6 is 11.8 Å². The van der Waals surface area contributed by atoms with Crippen molar-refractivity contribution < 1.29 is 19.2 Å². The minimum Gasteiger partial charge on any atom is -0.339 e. The van der Waals surface area contributed by atoms with Gasteiger partial charge < -0.3 is 15.5 Å². The van der Waals surface area contributed by atoms with Gasteiger partial charge in [0.1, 0.15) is 5.54 Å². The lowest BCUT2D eigenvalue weighted by molar-refractivity contribution is -0.130. The topological polar surface area (TPSA) is 98.8 Å². The normalized spacial score (nSPS) is 15.2. The number of hydrogen-bond donors (Lipinski definition) is 2. The maximum absolute atomic E-state index is 12.3. The van der Waals surface area contributed by atoms with Gasteiger partial charge in [-0.2, -0.15) is 11.8 Å². The number of carbonyl (C=O) groups is 4. The Hall–Kier alpha value is -2.55. The minimum absolute atomic E-state index is 0.0351. The first kappa shape index (κ1) is 22.7. The number of carbonyl (C=O) groups excluding carboxylic acids is 4. The number of benzene rings is 1. The highest BCUT2D eigenvalue weighted by Gasteiger charge is 2.43. The van der Waals surface area contributed by atoms with E-state index in [0.29, 0.717) is 30.1 Å². The maximum atomic E-state index is 12.3. The van der Waals surface area contributed by atoms with Gasteiger partial charge in [-0.25, -0.2) is 4.79 Å². The highest BCUT2D eigenvalue weighted by atomic mass is 32.2. The zero-order valence-corrected chi connectivity index (χ0v) is 18.1. The molecule has 0 unspecified atom stereocenters. The summed E-state index contributed by atoms with van der Waals surface area (Å²) in [6.45, 7) is 8.74. The van der Waals surface area contributed by atoms with Gasteiger partial charge in [-0.3, -0.25) is 19.3 Å². The Balaban J connectivity index is 1.76. The molecule has 29 heavy (non-hydrogen) atoms. The number of nitrogens with one attached hydrogen (secondary N) is 2. The van der Waals surface area contributed by atoms with Crippen molar-refractivity contribution >= 4 is 41.2 Å². The Morgan fingerprint density at radius 3 is 2.28 bits per heavy atom. The van der Waals surface area contributed by atoms with Crippen LogP contribution in [0.4, 0.5) is 10.5 Å². The summed E-state index contributed by atoms with van der Waals surface area (Å²) in [5.41, 5.74) is 0.318. The molecule has 0 aromatic heterocycles. The van der Waals surface area contributed by atoms with Gasteiger partial charge in [0, 0.05) is 36.6 Å². The summed E-state index contributed by atoms with van der Waals surface area (Å²) >= 11 is 1.34. The second kappa shape index (κ2) is 9.78. The van der Waals surface area contributed by atoms with E-state index in [9.17, 15) is 19.2 Å². The van der Waals surface area contributed by atoms with Crippen molar-refractivity contribution in [3.05, 3.63) is 29.8 Å². The average molecular weight is 421 g/mol. The Kier molecular flexibility index (Phi) is 7.66. The molecule has 9 heteroatoms. The van der Waals surface area contributed by atoms with Crippen LogP contribution in [0.2, 0.25) is 0 Å². The van der Waals surface area contributed by atoms with E-state index in [0.717, 1.165) is 0 Å². The molecule has 2 rings (SSSR count). The molecule has 0 bridgehead atoms. The monoisotopic (exact) mass is 420 g/mol. The van der Waals surface area contributed by atoms with Crippen LogP contribution in [0, 0.1) is 0 Å². The largest absolute Gasteiger partial charge is 0.339 e. The number of urea groups is 1. The second-order valence-corrected chi connectivity index (χ2v) is 8.27. The van der Waals surface area contributed by atoms with Crippen molar-refractivity contribution in [3.8, 4) is 0 Å². The first-order valence-electron chi connectivity index (χ1n) is 9.60. The lowest BCUT2D eigenvalue weighted by Crippen LogP contribution is -2.40. The number of nitrogens with zero attached hydrogens (tertiary/aromatic N) is 2. The van der Waals surface area contributed by atoms with Crippen LogP contribution in [0.15, 0.2) is 24.3 Å². The van der Waals surface area contributed by atoms with E-state index in [4.69, 9.17) is 0 Å². The molecule has 158 valence electrons. The SMILES string of the molecule is CCN(CC)C(=O)c1ccc(NC(=O)CSCCN2C(=O)NC(C)(C)C2=O)cc1. The summed E-state index contributed by atoms with van der Waals surface area (Å²) in [6.07, 6.45) is 0. The highest BCUT2D eigenvalue weighted by molar-refractivity contribution is 7.99. The van der Waals surface area contributed by atoms with Crippen LogP contribution in [-0.2, 0) is 9.59 Å². The molecule has 1 aromatic rings. The van der Waals surface area contributed by atoms with Crippen molar-refractivity contribution in [1.29, 1.82) is 0 Å². The van der Waals surface area contributed by atoms with Crippen LogP contribution in [0.3, 0.4) is 0 Å². The third-order valence-corrected chi connectivity index (χ3v) is 5.54. The zero-order chi connectivity index (χ0) is 21.6. The molecule has 5 amide bonds. The average Bonchev–Trinajstić information content (AvgIpc) is 2.87. The molecular weight excluding hydrogens is 392 g/mol. The smallest absolute Gasteiger partial charge is 0.325 e. The standard InChI is InChI=1S/C20H28N4O4S/c1-5-23(6-2)17(26)14-7-9-15(10-8-14)21-16(25)13-29-12-11-24-18(27)20(3,4)22-19(24)28/h7-10H,5-6,11-13H2,1-4H3,(H,21,25)(H,22,28). The quantitative estimate of drug-likeness (QED) is 0.471. The zero-order valence-electron chi connectivity index (χ0n) is 17.3. The Morgan fingerprint density at radius 1 is 1.14 bits per heavy atom.